The van der Waals surface area contributed by atoms with Gasteiger partial charge in [-0.3, -0.25) is 4.79 Å². The molecule has 0 aliphatic rings. The molecule has 0 atom stereocenters. The first-order valence-corrected chi connectivity index (χ1v) is 7.70. The minimum atomic E-state index is -0.467. The fourth-order valence-electron chi connectivity index (χ4n) is 2.56. The van der Waals surface area contributed by atoms with Crippen LogP contribution in [-0.4, -0.2) is 9.97 Å². The quantitative estimate of drug-likeness (QED) is 0.563. The van der Waals surface area contributed by atoms with Gasteiger partial charge in [0.05, 0.1) is 21.4 Å². The summed E-state index contributed by atoms with van der Waals surface area (Å²) >= 11 is 1.59. The average Bonchev–Trinajstić information content (AvgIpc) is 2.99. The molecule has 0 unspecified atom stereocenters. The molecule has 2 aromatic carbocycles. The van der Waals surface area contributed by atoms with Crippen LogP contribution in [0, 0.1) is 11.3 Å². The molecule has 3 N–H and O–H groups in total. The van der Waals surface area contributed by atoms with Gasteiger partial charge in [0, 0.05) is 10.9 Å². The van der Waals surface area contributed by atoms with E-state index in [4.69, 9.17) is 11.0 Å². The highest BCUT2D eigenvalue weighted by molar-refractivity contribution is 7.21. The third kappa shape index (κ3) is 2.06. The van der Waals surface area contributed by atoms with Gasteiger partial charge in [-0.05, 0) is 30.3 Å². The number of hydrogen-bond donors (Lipinski definition) is 2. The van der Waals surface area contributed by atoms with Gasteiger partial charge in [-0.15, -0.1) is 11.3 Å². The maximum Gasteiger partial charge on any atom is 0.268 e. The van der Waals surface area contributed by atoms with E-state index in [1.54, 1.807) is 17.4 Å². The third-order valence-corrected chi connectivity index (χ3v) is 4.79. The van der Waals surface area contributed by atoms with Crippen LogP contribution in [0.1, 0.15) is 5.56 Å². The van der Waals surface area contributed by atoms with Crippen LogP contribution in [0.4, 0.5) is 5.69 Å². The topological polar surface area (TPSA) is 95.6 Å². The molecule has 0 saturated carbocycles. The van der Waals surface area contributed by atoms with Gasteiger partial charge >= 0.3 is 0 Å². The van der Waals surface area contributed by atoms with E-state index in [0.717, 1.165) is 20.8 Å². The van der Waals surface area contributed by atoms with Crippen LogP contribution >= 0.6 is 11.3 Å². The zero-order valence-electron chi connectivity index (χ0n) is 11.8. The number of nitriles is 1. The van der Waals surface area contributed by atoms with Gasteiger partial charge in [0.2, 0.25) is 0 Å². The van der Waals surface area contributed by atoms with Crippen LogP contribution in [0.5, 0.6) is 0 Å². The Hall–Kier alpha value is -3.17. The summed E-state index contributed by atoms with van der Waals surface area (Å²) in [5, 5.41) is 10.6. The second-order valence-corrected chi connectivity index (χ2v) is 6.13. The van der Waals surface area contributed by atoms with Gasteiger partial charge in [-0.2, -0.15) is 5.26 Å². The summed E-state index contributed by atoms with van der Waals surface area (Å²) in [6.45, 7) is 0. The van der Waals surface area contributed by atoms with E-state index in [0.29, 0.717) is 10.9 Å². The van der Waals surface area contributed by atoms with Crippen molar-refractivity contribution in [2.24, 2.45) is 0 Å². The van der Waals surface area contributed by atoms with Crippen molar-refractivity contribution >= 4 is 38.1 Å². The van der Waals surface area contributed by atoms with E-state index in [9.17, 15) is 4.79 Å². The van der Waals surface area contributed by atoms with Crippen molar-refractivity contribution in [2.75, 3.05) is 5.73 Å². The van der Waals surface area contributed by atoms with Crippen molar-refractivity contribution in [3.63, 3.8) is 0 Å². The third-order valence-electron chi connectivity index (χ3n) is 3.71. The molecule has 23 heavy (non-hydrogen) atoms. The summed E-state index contributed by atoms with van der Waals surface area (Å²) in [6.07, 6.45) is 0. The minimum Gasteiger partial charge on any atom is -0.397 e. The second kappa shape index (κ2) is 4.93. The Morgan fingerprint density at radius 3 is 2.83 bits per heavy atom. The summed E-state index contributed by atoms with van der Waals surface area (Å²) in [4.78, 5) is 19.1. The first-order valence-electron chi connectivity index (χ1n) is 6.89. The number of fused-ring (bicyclic) bond motifs is 2. The molecule has 2 heterocycles. The molecule has 2 aromatic heterocycles. The van der Waals surface area contributed by atoms with Crippen molar-refractivity contribution in [3.05, 3.63) is 58.4 Å². The van der Waals surface area contributed by atoms with Crippen molar-refractivity contribution in [3.8, 4) is 16.6 Å². The highest BCUT2D eigenvalue weighted by atomic mass is 32.1. The van der Waals surface area contributed by atoms with Crippen LogP contribution in [0.2, 0.25) is 0 Å². The van der Waals surface area contributed by atoms with Gasteiger partial charge in [-0.25, -0.2) is 4.98 Å². The van der Waals surface area contributed by atoms with Crippen LogP contribution < -0.4 is 11.3 Å². The molecule has 0 aliphatic heterocycles. The lowest BCUT2D eigenvalue weighted by Gasteiger charge is -2.05. The van der Waals surface area contributed by atoms with Crippen LogP contribution in [-0.2, 0) is 0 Å². The molecule has 4 aromatic rings. The Kier molecular flexibility index (Phi) is 2.89. The van der Waals surface area contributed by atoms with Crippen molar-refractivity contribution in [1.29, 1.82) is 5.26 Å². The number of rotatable bonds is 1. The van der Waals surface area contributed by atoms with Gasteiger partial charge in [0.25, 0.3) is 5.56 Å². The van der Waals surface area contributed by atoms with Crippen molar-refractivity contribution < 1.29 is 0 Å². The molecule has 0 bridgehead atoms. The lowest BCUT2D eigenvalue weighted by molar-refractivity contribution is 1.28. The summed E-state index contributed by atoms with van der Waals surface area (Å²) in [5.41, 5.74) is 8.13. The Labute approximate surface area is 134 Å². The lowest BCUT2D eigenvalue weighted by atomic mass is 10.1. The number of nitrogens with two attached hydrogens (primary N) is 1. The largest absolute Gasteiger partial charge is 0.397 e. The molecule has 0 amide bonds. The predicted molar refractivity (Wildman–Crippen MR) is 92.3 cm³/mol. The molecular formula is C17H10N4OS. The number of nitrogens with zero attached hydrogens (tertiary/aromatic N) is 2. The van der Waals surface area contributed by atoms with Crippen LogP contribution in [0.15, 0.2) is 47.3 Å². The number of anilines is 1. The van der Waals surface area contributed by atoms with Gasteiger partial charge in [0.15, 0.2) is 0 Å². The highest BCUT2D eigenvalue weighted by Gasteiger charge is 2.12. The van der Waals surface area contributed by atoms with E-state index >= 15 is 0 Å². The summed E-state index contributed by atoms with van der Waals surface area (Å²) in [6, 6.07) is 15.3. The lowest BCUT2D eigenvalue weighted by Crippen LogP contribution is -2.13. The molecule has 0 saturated heterocycles. The molecule has 0 aliphatic carbocycles. The number of nitrogen functional groups attached to an aromatic ring is 1. The molecule has 0 spiro atoms. The average molecular weight is 318 g/mol. The second-order valence-electron chi connectivity index (χ2n) is 5.10. The number of nitrogens with one attached hydrogen (secondary N) is 1. The fraction of sp³-hybridized carbons (Fsp3) is 0. The number of pyridine rings is 1. The first kappa shape index (κ1) is 13.5. The summed E-state index contributed by atoms with van der Waals surface area (Å²) in [7, 11) is 0. The Bertz CT molecular complexity index is 1130. The maximum atomic E-state index is 11.8. The van der Waals surface area contributed by atoms with Crippen LogP contribution in [0.3, 0.4) is 0 Å². The molecular weight excluding hydrogens is 308 g/mol. The fourth-order valence-corrected chi connectivity index (χ4v) is 3.52. The SMILES string of the molecule is N#Cc1c(N)c2cc(-c3nc4ccccc4s3)ccc2[nH]c1=O. The van der Waals surface area contributed by atoms with E-state index in [1.807, 2.05) is 42.5 Å². The highest BCUT2D eigenvalue weighted by Crippen LogP contribution is 2.32. The smallest absolute Gasteiger partial charge is 0.268 e. The number of hydrogen-bond acceptors (Lipinski definition) is 5. The number of para-hydroxylation sites is 1. The first-order chi connectivity index (χ1) is 11.2. The molecule has 6 heteroatoms. The van der Waals surface area contributed by atoms with E-state index in [-0.39, 0.29) is 11.3 Å². The molecule has 0 radical (unpaired) electrons. The van der Waals surface area contributed by atoms with Gasteiger partial charge in [-0.1, -0.05) is 12.1 Å². The van der Waals surface area contributed by atoms with E-state index in [1.165, 1.54) is 0 Å². The van der Waals surface area contributed by atoms with E-state index < -0.39 is 5.56 Å². The zero-order valence-corrected chi connectivity index (χ0v) is 12.6. The molecule has 4 rings (SSSR count). The summed E-state index contributed by atoms with van der Waals surface area (Å²) < 4.78 is 1.11. The minimum absolute atomic E-state index is 0.0565. The number of aromatic nitrogens is 2. The number of aromatic amines is 1. The maximum absolute atomic E-state index is 11.8. The predicted octanol–water partition coefficient (Wildman–Crippen LogP) is 3.26. The van der Waals surface area contributed by atoms with Crippen LogP contribution in [0.25, 0.3) is 31.7 Å². The molecule has 0 fully saturated rings. The Morgan fingerprint density at radius 1 is 1.22 bits per heavy atom. The van der Waals surface area contributed by atoms with E-state index in [2.05, 4.69) is 9.97 Å². The van der Waals surface area contributed by atoms with Gasteiger partial charge in [0.1, 0.15) is 16.6 Å². The summed E-state index contributed by atoms with van der Waals surface area (Å²) in [5.74, 6) is 0. The molecule has 110 valence electrons. The zero-order chi connectivity index (χ0) is 16.0. The number of thiazole rings is 1. The van der Waals surface area contributed by atoms with Crippen molar-refractivity contribution in [2.45, 2.75) is 0 Å². The standard InChI is InChI=1S/C17H10N4OS/c18-8-11-15(19)10-7-9(5-6-12(10)20-16(11)22)17-21-13-3-1-2-4-14(13)23-17/h1-7H,(H3,19,20,22). The van der Waals surface area contributed by atoms with Gasteiger partial charge < -0.3 is 10.7 Å². The number of benzene rings is 2. The number of H-pyrrole nitrogens is 1. The molecule has 5 nitrogen and oxygen atoms in total. The Morgan fingerprint density at radius 2 is 2.04 bits per heavy atom. The Balaban J connectivity index is 1.98. The van der Waals surface area contributed by atoms with Crippen molar-refractivity contribution in [1.82, 2.24) is 9.97 Å². The normalized spacial score (nSPS) is 10.9. The monoisotopic (exact) mass is 318 g/mol.